The van der Waals surface area contributed by atoms with Crippen LogP contribution in [0.3, 0.4) is 0 Å². The summed E-state index contributed by atoms with van der Waals surface area (Å²) in [5.74, 6) is -0.984. The van der Waals surface area contributed by atoms with Crippen LogP contribution in [0.15, 0.2) is 6.20 Å². The van der Waals surface area contributed by atoms with Crippen molar-refractivity contribution in [1.82, 2.24) is 24.2 Å². The molecule has 2 aliphatic rings. The van der Waals surface area contributed by atoms with Gasteiger partial charge >= 0.3 is 6.18 Å². The van der Waals surface area contributed by atoms with Gasteiger partial charge in [0.25, 0.3) is 0 Å². The van der Waals surface area contributed by atoms with E-state index in [-0.39, 0.29) is 28.8 Å². The van der Waals surface area contributed by atoms with Gasteiger partial charge in [-0.05, 0) is 39.8 Å². The Labute approximate surface area is 193 Å². The van der Waals surface area contributed by atoms with E-state index in [0.717, 1.165) is 17.5 Å². The van der Waals surface area contributed by atoms with E-state index in [0.29, 0.717) is 38.8 Å². The van der Waals surface area contributed by atoms with Crippen molar-refractivity contribution in [1.29, 1.82) is 0 Å². The second-order valence-electron chi connectivity index (χ2n) is 8.47. The molecule has 2 aromatic heterocycles. The van der Waals surface area contributed by atoms with Crippen molar-refractivity contribution in [3.05, 3.63) is 22.7 Å². The van der Waals surface area contributed by atoms with Crippen molar-refractivity contribution >= 4 is 27.3 Å². The van der Waals surface area contributed by atoms with Gasteiger partial charge in [-0.3, -0.25) is 0 Å². The summed E-state index contributed by atoms with van der Waals surface area (Å²) in [5.41, 5.74) is -1.64. The molecule has 14 heteroatoms. The van der Waals surface area contributed by atoms with Crippen LogP contribution in [-0.4, -0.2) is 71.1 Å². The molecule has 0 amide bonds. The predicted molar refractivity (Wildman–Crippen MR) is 116 cm³/mol. The minimum Gasteiger partial charge on any atom is -0.351 e. The van der Waals surface area contributed by atoms with Crippen LogP contribution < -0.4 is 5.32 Å². The van der Waals surface area contributed by atoms with Crippen LogP contribution in [0.5, 0.6) is 0 Å². The first kappa shape index (κ1) is 24.2. The zero-order valence-corrected chi connectivity index (χ0v) is 19.7. The Hall–Kier alpha value is -1.90. The maximum absolute atomic E-state index is 14.5. The summed E-state index contributed by atoms with van der Waals surface area (Å²) in [6.07, 6.45) is -1.56. The molecule has 0 aromatic carbocycles. The average molecular weight is 509 g/mol. The standard InChI is InChI=1S/C19H24F4N6O2S2/c1-28(2)10-14-26-17(19(21,22)23)16(32-14)15-13(20)9-24-18(27-15)25-11-5-7-29(8-6-11)33(30,31)12-3-4-12/h9,11-12H,3-8,10H2,1-2H3,(H,24,25,27). The molecular weight excluding hydrogens is 484 g/mol. The minimum atomic E-state index is -4.76. The topological polar surface area (TPSA) is 91.3 Å². The van der Waals surface area contributed by atoms with Gasteiger partial charge in [-0.2, -0.15) is 13.2 Å². The highest BCUT2D eigenvalue weighted by atomic mass is 32.2. The highest BCUT2D eigenvalue weighted by Crippen LogP contribution is 2.41. The Morgan fingerprint density at radius 1 is 1.18 bits per heavy atom. The predicted octanol–water partition coefficient (Wildman–Crippen LogP) is 3.19. The number of nitrogens with zero attached hydrogens (tertiary/aromatic N) is 5. The molecule has 8 nitrogen and oxygen atoms in total. The number of halogens is 4. The summed E-state index contributed by atoms with van der Waals surface area (Å²) in [6, 6.07) is -0.179. The zero-order chi connectivity index (χ0) is 24.0. The molecule has 1 aliphatic carbocycles. The average Bonchev–Trinajstić information content (AvgIpc) is 3.50. The van der Waals surface area contributed by atoms with Gasteiger partial charge in [0.2, 0.25) is 16.0 Å². The second-order valence-corrected chi connectivity index (χ2v) is 11.8. The highest BCUT2D eigenvalue weighted by molar-refractivity contribution is 7.90. The fourth-order valence-corrected chi connectivity index (χ4v) is 6.73. The van der Waals surface area contributed by atoms with Crippen molar-refractivity contribution in [3.63, 3.8) is 0 Å². The lowest BCUT2D eigenvalue weighted by molar-refractivity contribution is -0.140. The normalized spacial score (nSPS) is 18.8. The number of nitrogens with one attached hydrogen (secondary N) is 1. The molecule has 0 spiro atoms. The quantitative estimate of drug-likeness (QED) is 0.575. The van der Waals surface area contributed by atoms with E-state index < -0.39 is 38.3 Å². The van der Waals surface area contributed by atoms with Gasteiger partial charge in [-0.25, -0.2) is 32.1 Å². The Kier molecular flexibility index (Phi) is 6.64. The largest absolute Gasteiger partial charge is 0.434 e. The maximum atomic E-state index is 14.5. The fraction of sp³-hybridized carbons (Fsp3) is 0.632. The fourth-order valence-electron chi connectivity index (χ4n) is 3.67. The molecule has 1 N–H and O–H groups in total. The summed E-state index contributed by atoms with van der Waals surface area (Å²) in [7, 11) is 0.145. The summed E-state index contributed by atoms with van der Waals surface area (Å²) < 4.78 is 81.5. The maximum Gasteiger partial charge on any atom is 0.434 e. The van der Waals surface area contributed by atoms with E-state index in [1.54, 1.807) is 19.0 Å². The molecule has 0 bridgehead atoms. The summed E-state index contributed by atoms with van der Waals surface area (Å²) in [4.78, 5) is 12.9. The third kappa shape index (κ3) is 5.44. The molecule has 0 radical (unpaired) electrons. The van der Waals surface area contributed by atoms with Crippen LogP contribution >= 0.6 is 11.3 Å². The number of thiazole rings is 1. The Morgan fingerprint density at radius 3 is 2.42 bits per heavy atom. The number of alkyl halides is 3. The summed E-state index contributed by atoms with van der Waals surface area (Å²) in [6.45, 7) is 0.852. The Morgan fingerprint density at radius 2 is 1.85 bits per heavy atom. The molecule has 1 aliphatic heterocycles. The van der Waals surface area contributed by atoms with E-state index in [1.165, 1.54) is 4.31 Å². The van der Waals surface area contributed by atoms with E-state index in [1.807, 2.05) is 0 Å². The van der Waals surface area contributed by atoms with Crippen LogP contribution in [0.25, 0.3) is 10.6 Å². The Bertz CT molecular complexity index is 1110. The summed E-state index contributed by atoms with van der Waals surface area (Å²) >= 11 is 0.744. The van der Waals surface area contributed by atoms with Crippen LogP contribution in [0, 0.1) is 5.82 Å². The van der Waals surface area contributed by atoms with Gasteiger partial charge in [0.1, 0.15) is 10.7 Å². The van der Waals surface area contributed by atoms with Crippen LogP contribution in [0.1, 0.15) is 36.4 Å². The van der Waals surface area contributed by atoms with Crippen molar-refractivity contribution in [2.45, 2.75) is 49.7 Å². The first-order valence-corrected chi connectivity index (χ1v) is 12.8. The number of sulfonamides is 1. The molecular formula is C19H24F4N6O2S2. The van der Waals surface area contributed by atoms with E-state index in [9.17, 15) is 26.0 Å². The third-order valence-electron chi connectivity index (χ3n) is 5.44. The van der Waals surface area contributed by atoms with Gasteiger partial charge < -0.3 is 10.2 Å². The van der Waals surface area contributed by atoms with Crippen molar-refractivity contribution in [2.75, 3.05) is 32.5 Å². The first-order chi connectivity index (χ1) is 15.4. The van der Waals surface area contributed by atoms with Crippen molar-refractivity contribution in [3.8, 4) is 10.6 Å². The molecule has 1 saturated heterocycles. The lowest BCUT2D eigenvalue weighted by atomic mass is 10.1. The van der Waals surface area contributed by atoms with Crippen molar-refractivity contribution in [2.24, 2.45) is 0 Å². The van der Waals surface area contributed by atoms with E-state index in [4.69, 9.17) is 0 Å². The zero-order valence-electron chi connectivity index (χ0n) is 18.1. The number of piperidine rings is 1. The number of hydrogen-bond acceptors (Lipinski definition) is 8. The smallest absolute Gasteiger partial charge is 0.351 e. The van der Waals surface area contributed by atoms with Crippen LogP contribution in [0.2, 0.25) is 0 Å². The Balaban J connectivity index is 1.53. The van der Waals surface area contributed by atoms with Gasteiger partial charge in [0, 0.05) is 25.7 Å². The number of aromatic nitrogens is 3. The number of hydrogen-bond donors (Lipinski definition) is 1. The number of rotatable bonds is 7. The highest BCUT2D eigenvalue weighted by Gasteiger charge is 2.41. The number of anilines is 1. The van der Waals surface area contributed by atoms with Crippen molar-refractivity contribution < 1.29 is 26.0 Å². The van der Waals surface area contributed by atoms with E-state index >= 15 is 0 Å². The minimum absolute atomic E-state index is 0.00872. The van der Waals surface area contributed by atoms with Crippen LogP contribution in [0.4, 0.5) is 23.5 Å². The molecule has 4 rings (SSSR count). The molecule has 2 fully saturated rings. The van der Waals surface area contributed by atoms with Crippen LogP contribution in [-0.2, 0) is 22.7 Å². The molecule has 0 atom stereocenters. The SMILES string of the molecule is CN(C)Cc1nc(C(F)(F)F)c(-c2nc(NC3CCN(S(=O)(=O)C4CC4)CC3)ncc2F)s1. The van der Waals surface area contributed by atoms with Gasteiger partial charge in [-0.1, -0.05) is 0 Å². The molecule has 3 heterocycles. The lowest BCUT2D eigenvalue weighted by Gasteiger charge is -2.31. The van der Waals surface area contributed by atoms with E-state index in [2.05, 4.69) is 20.3 Å². The molecule has 182 valence electrons. The molecule has 33 heavy (non-hydrogen) atoms. The molecule has 1 saturated carbocycles. The van der Waals surface area contributed by atoms with Gasteiger partial charge in [-0.15, -0.1) is 11.3 Å². The monoisotopic (exact) mass is 508 g/mol. The first-order valence-electron chi connectivity index (χ1n) is 10.4. The van der Waals surface area contributed by atoms with Gasteiger partial charge in [0.05, 0.1) is 16.3 Å². The van der Waals surface area contributed by atoms with Gasteiger partial charge in [0.15, 0.2) is 11.5 Å². The third-order valence-corrected chi connectivity index (χ3v) is 8.89. The second kappa shape index (κ2) is 9.04. The molecule has 2 aromatic rings. The lowest BCUT2D eigenvalue weighted by Crippen LogP contribution is -2.43. The molecule has 0 unspecified atom stereocenters. The summed E-state index contributed by atoms with van der Waals surface area (Å²) in [5, 5.41) is 2.94.